The molecule has 7 nitrogen and oxygen atoms in total. The Morgan fingerprint density at radius 2 is 0.950 bits per heavy atom. The lowest BCUT2D eigenvalue weighted by atomic mass is 10.0. The third-order valence-corrected chi connectivity index (χ3v) is 8.12. The Morgan fingerprint density at radius 3 is 1.32 bits per heavy atom. The van der Waals surface area contributed by atoms with Crippen LogP contribution in [0.2, 0.25) is 0 Å². The van der Waals surface area contributed by atoms with E-state index < -0.39 is 35.7 Å². The fourth-order valence-electron chi connectivity index (χ4n) is 5.70. The number of rotatable bonds is 28. The number of hydrogen-bond donors (Lipinski definition) is 2. The first-order valence-electron chi connectivity index (χ1n) is 16.2. The van der Waals surface area contributed by atoms with Crippen molar-refractivity contribution in [3.8, 4) is 0 Å². The molecule has 0 aromatic carbocycles. The average Bonchev–Trinajstić information content (AvgIpc) is 2.89. The summed E-state index contributed by atoms with van der Waals surface area (Å²) in [6, 6.07) is 0. The van der Waals surface area contributed by atoms with Crippen LogP contribution >= 0.6 is 0 Å². The van der Waals surface area contributed by atoms with E-state index in [0.717, 1.165) is 25.7 Å². The number of carboxylic acids is 3. The van der Waals surface area contributed by atoms with Gasteiger partial charge in [-0.25, -0.2) is 0 Å². The molecule has 0 amide bonds. The molecule has 40 heavy (non-hydrogen) atoms. The molecule has 0 aromatic rings. The highest BCUT2D eigenvalue weighted by molar-refractivity contribution is 5.70. The van der Waals surface area contributed by atoms with Gasteiger partial charge in [0, 0.05) is 11.9 Å². The summed E-state index contributed by atoms with van der Waals surface area (Å²) in [6.45, 7) is 8.16. The topological polar surface area (TPSA) is 115 Å². The van der Waals surface area contributed by atoms with Gasteiger partial charge in [-0.3, -0.25) is 9.59 Å². The van der Waals surface area contributed by atoms with Crippen LogP contribution in [-0.4, -0.2) is 58.8 Å². The average molecular weight is 568 g/mol. The zero-order chi connectivity index (χ0) is 30.2. The van der Waals surface area contributed by atoms with Gasteiger partial charge in [-0.05, 0) is 46.0 Å². The Balaban J connectivity index is 4.37. The van der Waals surface area contributed by atoms with Gasteiger partial charge in [-0.2, -0.15) is 0 Å². The molecule has 0 radical (unpaired) electrons. The number of allylic oxidation sites excluding steroid dienone is 2. The molecule has 0 saturated carbocycles. The third kappa shape index (κ3) is 20.1. The number of unbranched alkanes of at least 4 members (excludes halogenated alkanes) is 15. The van der Waals surface area contributed by atoms with Crippen LogP contribution in [0.15, 0.2) is 12.2 Å². The Bertz CT molecular complexity index is 652. The number of carbonyl (C=O) groups is 3. The zero-order valence-corrected chi connectivity index (χ0v) is 26.2. The van der Waals surface area contributed by atoms with Crippen molar-refractivity contribution in [2.75, 3.05) is 26.2 Å². The number of carboxylic acid groups (broad SMARTS) is 3. The summed E-state index contributed by atoms with van der Waals surface area (Å²) in [4.78, 5) is 34.7. The van der Waals surface area contributed by atoms with E-state index in [2.05, 4.69) is 19.1 Å². The van der Waals surface area contributed by atoms with Crippen LogP contribution in [-0.2, 0) is 14.4 Å². The molecule has 0 saturated heterocycles. The van der Waals surface area contributed by atoms with Crippen molar-refractivity contribution in [2.24, 2.45) is 17.8 Å². The molecule has 2 N–H and O–H groups in total. The van der Waals surface area contributed by atoms with Crippen LogP contribution in [0, 0.1) is 17.8 Å². The van der Waals surface area contributed by atoms with Crippen molar-refractivity contribution in [1.29, 1.82) is 0 Å². The van der Waals surface area contributed by atoms with Crippen molar-refractivity contribution in [3.05, 3.63) is 12.2 Å². The van der Waals surface area contributed by atoms with E-state index >= 15 is 0 Å². The van der Waals surface area contributed by atoms with E-state index in [1.807, 2.05) is 0 Å². The summed E-state index contributed by atoms with van der Waals surface area (Å²) in [5, 5.41) is 30.5. The number of aliphatic carboxylic acids is 3. The molecule has 0 aliphatic heterocycles. The second kappa shape index (κ2) is 23.8. The summed E-state index contributed by atoms with van der Waals surface area (Å²) in [6.07, 6.45) is 25.7. The summed E-state index contributed by atoms with van der Waals surface area (Å²) < 4.78 is 0.165. The first kappa shape index (κ1) is 38.1. The Labute approximate surface area is 245 Å². The molecule has 3 unspecified atom stereocenters. The van der Waals surface area contributed by atoms with Crippen molar-refractivity contribution in [2.45, 2.75) is 137 Å². The van der Waals surface area contributed by atoms with Crippen LogP contribution in [0.4, 0.5) is 0 Å². The van der Waals surface area contributed by atoms with Crippen LogP contribution in [0.5, 0.6) is 0 Å². The maximum atomic E-state index is 11.6. The summed E-state index contributed by atoms with van der Waals surface area (Å²) in [7, 11) is 0. The van der Waals surface area contributed by atoms with Crippen LogP contribution < -0.4 is 5.11 Å². The third-order valence-electron chi connectivity index (χ3n) is 8.12. The fraction of sp³-hybridized carbons (Fsp3) is 0.848. The number of nitrogens with zero attached hydrogens (tertiary/aromatic N) is 1. The van der Waals surface area contributed by atoms with Crippen LogP contribution in [0.25, 0.3) is 0 Å². The Kier molecular flexibility index (Phi) is 22.7. The lowest BCUT2D eigenvalue weighted by Crippen LogP contribution is -2.58. The number of quaternary nitrogens is 1. The van der Waals surface area contributed by atoms with Crippen molar-refractivity contribution < 1.29 is 34.2 Å². The maximum Gasteiger partial charge on any atom is 0.311 e. The van der Waals surface area contributed by atoms with Gasteiger partial charge in [0.1, 0.15) is 11.8 Å². The minimum absolute atomic E-state index is 0.165. The standard InChI is InChI=1S/C33H61NO6/c1-5-6-7-8-9-10-11-12-13-14-15-16-17-18-19-20-21-22-23-24-34(25-28(2)31(35)36,26-29(3)32(37)38)27-30(4)33(39)40/h19-20,28-30H,5-18,21-27H2,1-4H3,(H2-,35,36,37,38,39,40)/b20-19+. The van der Waals surface area contributed by atoms with E-state index in [1.54, 1.807) is 20.8 Å². The van der Waals surface area contributed by atoms with E-state index in [-0.39, 0.29) is 24.1 Å². The van der Waals surface area contributed by atoms with Gasteiger partial charge in [0.15, 0.2) is 0 Å². The first-order valence-corrected chi connectivity index (χ1v) is 16.2. The number of carbonyl (C=O) groups excluding carboxylic acids is 1. The molecule has 0 bridgehead atoms. The van der Waals surface area contributed by atoms with Gasteiger partial charge in [-0.15, -0.1) is 0 Å². The molecule has 0 aromatic heterocycles. The summed E-state index contributed by atoms with van der Waals surface area (Å²) >= 11 is 0. The van der Waals surface area contributed by atoms with Gasteiger partial charge in [0.05, 0.1) is 26.2 Å². The molecule has 234 valence electrons. The highest BCUT2D eigenvalue weighted by Gasteiger charge is 2.36. The lowest BCUT2D eigenvalue weighted by Gasteiger charge is -2.43. The summed E-state index contributed by atoms with van der Waals surface area (Å²) in [5.41, 5.74) is 0. The van der Waals surface area contributed by atoms with Gasteiger partial charge >= 0.3 is 11.9 Å². The second-order valence-electron chi connectivity index (χ2n) is 12.3. The molecule has 7 heteroatoms. The maximum absolute atomic E-state index is 11.6. The smallest absolute Gasteiger partial charge is 0.311 e. The molecule has 0 aliphatic carbocycles. The van der Waals surface area contributed by atoms with Gasteiger partial charge < -0.3 is 24.6 Å². The Morgan fingerprint density at radius 1 is 0.600 bits per heavy atom. The highest BCUT2D eigenvalue weighted by Crippen LogP contribution is 2.21. The van der Waals surface area contributed by atoms with E-state index in [1.165, 1.54) is 83.5 Å². The molecule has 3 atom stereocenters. The molecule has 0 aliphatic rings. The van der Waals surface area contributed by atoms with Crippen molar-refractivity contribution >= 4 is 17.9 Å². The molecule has 0 spiro atoms. The molecular weight excluding hydrogens is 506 g/mol. The minimum Gasteiger partial charge on any atom is -0.550 e. The van der Waals surface area contributed by atoms with Crippen LogP contribution in [0.1, 0.15) is 137 Å². The van der Waals surface area contributed by atoms with Crippen molar-refractivity contribution in [1.82, 2.24) is 0 Å². The number of hydrogen-bond acceptors (Lipinski definition) is 4. The minimum atomic E-state index is -1.19. The molecule has 0 heterocycles. The predicted octanol–water partition coefficient (Wildman–Crippen LogP) is 6.84. The highest BCUT2D eigenvalue weighted by atomic mass is 16.4. The van der Waals surface area contributed by atoms with E-state index in [0.29, 0.717) is 6.54 Å². The SMILES string of the molecule is CCCCCCCCCCCCCCC/C=C/CCCC[N+](CC(C)C(=O)[O-])(CC(C)C(=O)O)CC(C)C(=O)O. The molecule has 0 rings (SSSR count). The van der Waals surface area contributed by atoms with Crippen molar-refractivity contribution in [3.63, 3.8) is 0 Å². The Hall–Kier alpha value is -1.89. The summed E-state index contributed by atoms with van der Waals surface area (Å²) in [5.74, 6) is -5.29. The van der Waals surface area contributed by atoms with Gasteiger partial charge in [0.25, 0.3) is 0 Å². The van der Waals surface area contributed by atoms with Gasteiger partial charge in [-0.1, -0.05) is 103 Å². The first-order chi connectivity index (χ1) is 19.0. The quantitative estimate of drug-likeness (QED) is 0.0608. The largest absolute Gasteiger partial charge is 0.550 e. The van der Waals surface area contributed by atoms with Crippen LogP contribution in [0.3, 0.4) is 0 Å². The van der Waals surface area contributed by atoms with Gasteiger partial charge in [0.2, 0.25) is 0 Å². The second-order valence-corrected chi connectivity index (χ2v) is 12.3. The monoisotopic (exact) mass is 567 g/mol. The normalized spacial score (nSPS) is 15.5. The predicted molar refractivity (Wildman–Crippen MR) is 161 cm³/mol. The zero-order valence-electron chi connectivity index (χ0n) is 26.2. The fourth-order valence-corrected chi connectivity index (χ4v) is 5.70. The lowest BCUT2D eigenvalue weighted by molar-refractivity contribution is -0.934. The molecular formula is C33H61NO6. The van der Waals surface area contributed by atoms with E-state index in [4.69, 9.17) is 0 Å². The molecule has 0 fully saturated rings. The van der Waals surface area contributed by atoms with E-state index in [9.17, 15) is 29.7 Å².